The average Bonchev–Trinajstić information content (AvgIpc) is 2.72. The lowest BCUT2D eigenvalue weighted by Gasteiger charge is -2.19. The molecule has 0 bridgehead atoms. The Morgan fingerprint density at radius 3 is 2.44 bits per heavy atom. The molecule has 0 aliphatic heterocycles. The second kappa shape index (κ2) is 5.26. The maximum absolute atomic E-state index is 11.9. The Morgan fingerprint density at radius 2 is 1.94 bits per heavy atom. The highest BCUT2D eigenvalue weighted by atomic mass is 32.2. The number of Topliss-reactive ketones (excluding diaryl/α,β-unsaturated/α-hetero) is 1. The van der Waals surface area contributed by atoms with Gasteiger partial charge in [0.15, 0.2) is 15.6 Å². The first-order valence-corrected chi connectivity index (χ1v) is 7.74. The predicted octanol–water partition coefficient (Wildman–Crippen LogP) is 2.29. The fraction of sp³-hybridized carbons (Fsp3) is 0.615. The first-order chi connectivity index (χ1) is 8.17. The molecule has 0 aromatic carbocycles. The first-order valence-electron chi connectivity index (χ1n) is 6.08. The van der Waals surface area contributed by atoms with Crippen LogP contribution in [0.25, 0.3) is 0 Å². The molecule has 5 heteroatoms. The Hall–Kier alpha value is -1.10. The summed E-state index contributed by atoms with van der Waals surface area (Å²) in [5.74, 6) is 0.165. The van der Waals surface area contributed by atoms with Crippen molar-refractivity contribution in [2.45, 2.75) is 45.4 Å². The molecule has 0 N–H and O–H groups in total. The summed E-state index contributed by atoms with van der Waals surface area (Å²) in [6.07, 6.45) is 3.93. The van der Waals surface area contributed by atoms with Crippen LogP contribution in [0.5, 0.6) is 0 Å². The summed E-state index contributed by atoms with van der Waals surface area (Å²) in [5.41, 5.74) is 0.644. The maximum Gasteiger partial charge on any atom is 0.164 e. The van der Waals surface area contributed by atoms with E-state index >= 15 is 0 Å². The highest BCUT2D eigenvalue weighted by molar-refractivity contribution is 7.92. The molecule has 0 spiro atoms. The van der Waals surface area contributed by atoms with Crippen molar-refractivity contribution >= 4 is 15.6 Å². The van der Waals surface area contributed by atoms with Gasteiger partial charge in [-0.25, -0.2) is 8.42 Å². The van der Waals surface area contributed by atoms with Crippen molar-refractivity contribution in [2.75, 3.05) is 5.75 Å². The van der Waals surface area contributed by atoms with Crippen molar-refractivity contribution < 1.29 is 13.2 Å². The van der Waals surface area contributed by atoms with Crippen LogP contribution in [0.3, 0.4) is 0 Å². The highest BCUT2D eigenvalue weighted by Crippen LogP contribution is 2.16. The molecule has 1 heterocycles. The smallest absolute Gasteiger partial charge is 0.164 e. The number of hydrogen-bond donors (Lipinski definition) is 0. The van der Waals surface area contributed by atoms with E-state index in [9.17, 15) is 13.2 Å². The van der Waals surface area contributed by atoms with Crippen LogP contribution in [0.1, 0.15) is 44.5 Å². The van der Waals surface area contributed by atoms with Crippen LogP contribution >= 0.6 is 0 Å². The molecular formula is C13H21NO3S. The van der Waals surface area contributed by atoms with E-state index < -0.39 is 14.6 Å². The average molecular weight is 271 g/mol. The van der Waals surface area contributed by atoms with Gasteiger partial charge >= 0.3 is 0 Å². The van der Waals surface area contributed by atoms with E-state index in [1.807, 2.05) is 6.92 Å². The summed E-state index contributed by atoms with van der Waals surface area (Å²) in [7, 11) is -3.12. The van der Waals surface area contributed by atoms with Gasteiger partial charge in [-0.05, 0) is 26.8 Å². The van der Waals surface area contributed by atoms with E-state index in [1.165, 1.54) is 0 Å². The zero-order chi connectivity index (χ0) is 14.0. The van der Waals surface area contributed by atoms with E-state index in [4.69, 9.17) is 0 Å². The lowest BCUT2D eigenvalue weighted by molar-refractivity contribution is 0.0988. The zero-order valence-corrected chi connectivity index (χ0v) is 12.3. The van der Waals surface area contributed by atoms with Gasteiger partial charge in [-0.2, -0.15) is 0 Å². The van der Waals surface area contributed by atoms with Gasteiger partial charge in [-0.1, -0.05) is 6.92 Å². The lowest BCUT2D eigenvalue weighted by atomic mass is 10.2. The second-order valence-corrected chi connectivity index (χ2v) is 8.21. The molecule has 0 unspecified atom stereocenters. The third kappa shape index (κ3) is 3.45. The molecule has 0 atom stereocenters. The molecule has 4 nitrogen and oxygen atoms in total. The van der Waals surface area contributed by atoms with Gasteiger partial charge in [0.1, 0.15) is 0 Å². The summed E-state index contributed by atoms with van der Waals surface area (Å²) < 4.78 is 24.9. The minimum atomic E-state index is -3.12. The van der Waals surface area contributed by atoms with Crippen LogP contribution in [0.2, 0.25) is 0 Å². The Balaban J connectivity index is 2.71. The van der Waals surface area contributed by atoms with Gasteiger partial charge in [0, 0.05) is 30.9 Å². The normalized spacial score (nSPS) is 12.7. The second-order valence-electron chi connectivity index (χ2n) is 5.35. The van der Waals surface area contributed by atoms with E-state index in [2.05, 4.69) is 0 Å². The van der Waals surface area contributed by atoms with Crippen molar-refractivity contribution in [3.05, 3.63) is 24.0 Å². The summed E-state index contributed by atoms with van der Waals surface area (Å²) in [4.78, 5) is 11.5. The predicted molar refractivity (Wildman–Crippen MR) is 72.6 cm³/mol. The number of carbonyl (C=O) groups is 1. The standard InChI is InChI=1S/C13H21NO3S/c1-5-12(15)11-6-7-14(10-11)8-9-18(16,17)13(2,3)4/h6-7,10H,5,8-9H2,1-4H3. The molecule has 1 aromatic heterocycles. The molecule has 0 radical (unpaired) electrons. The number of ketones is 1. The number of aromatic nitrogens is 1. The topological polar surface area (TPSA) is 56.1 Å². The summed E-state index contributed by atoms with van der Waals surface area (Å²) >= 11 is 0. The number of rotatable bonds is 5. The summed E-state index contributed by atoms with van der Waals surface area (Å²) in [5, 5.41) is 0. The van der Waals surface area contributed by atoms with E-state index in [0.29, 0.717) is 18.5 Å². The van der Waals surface area contributed by atoms with Crippen molar-refractivity contribution in [3.63, 3.8) is 0 Å². The number of carbonyl (C=O) groups excluding carboxylic acids is 1. The number of sulfone groups is 1. The maximum atomic E-state index is 11.9. The third-order valence-electron chi connectivity index (χ3n) is 2.94. The van der Waals surface area contributed by atoms with Crippen LogP contribution in [0.15, 0.2) is 18.5 Å². The molecule has 0 amide bonds. The summed E-state index contributed by atoms with van der Waals surface area (Å²) in [6, 6.07) is 1.73. The van der Waals surface area contributed by atoms with Crippen LogP contribution < -0.4 is 0 Å². The number of hydrogen-bond acceptors (Lipinski definition) is 3. The minimum Gasteiger partial charge on any atom is -0.352 e. The Bertz CT molecular complexity index is 521. The van der Waals surface area contributed by atoms with Gasteiger partial charge in [-0.15, -0.1) is 0 Å². The first kappa shape index (κ1) is 15.0. The third-order valence-corrected chi connectivity index (χ3v) is 5.53. The number of aryl methyl sites for hydroxylation is 1. The van der Waals surface area contributed by atoms with Gasteiger partial charge in [-0.3, -0.25) is 4.79 Å². The Labute approximate surface area is 109 Å². The SMILES string of the molecule is CCC(=O)c1ccn(CCS(=O)(=O)C(C)(C)C)c1. The van der Waals surface area contributed by atoms with E-state index in [0.717, 1.165) is 0 Å². The number of nitrogens with zero attached hydrogens (tertiary/aromatic N) is 1. The molecule has 1 rings (SSSR count). The molecule has 18 heavy (non-hydrogen) atoms. The van der Waals surface area contributed by atoms with Crippen LogP contribution in [-0.2, 0) is 16.4 Å². The zero-order valence-electron chi connectivity index (χ0n) is 11.4. The molecule has 0 fully saturated rings. The lowest BCUT2D eigenvalue weighted by Crippen LogP contribution is -2.31. The molecule has 0 aliphatic carbocycles. The van der Waals surface area contributed by atoms with Crippen LogP contribution in [0, 0.1) is 0 Å². The van der Waals surface area contributed by atoms with Crippen molar-refractivity contribution in [3.8, 4) is 0 Å². The van der Waals surface area contributed by atoms with E-state index in [-0.39, 0.29) is 11.5 Å². The minimum absolute atomic E-state index is 0.0763. The van der Waals surface area contributed by atoms with Gasteiger partial charge < -0.3 is 4.57 Å². The van der Waals surface area contributed by atoms with Crippen molar-refractivity contribution in [1.29, 1.82) is 0 Å². The summed E-state index contributed by atoms with van der Waals surface area (Å²) in [6.45, 7) is 7.29. The fourth-order valence-corrected chi connectivity index (χ4v) is 2.54. The fourth-order valence-electron chi connectivity index (χ4n) is 1.48. The molecule has 102 valence electrons. The van der Waals surface area contributed by atoms with Crippen molar-refractivity contribution in [2.24, 2.45) is 0 Å². The molecule has 0 aliphatic rings. The molecule has 0 saturated heterocycles. The highest BCUT2D eigenvalue weighted by Gasteiger charge is 2.28. The quantitative estimate of drug-likeness (QED) is 0.772. The van der Waals surface area contributed by atoms with Crippen LogP contribution in [-0.4, -0.2) is 29.3 Å². The molecular weight excluding hydrogens is 250 g/mol. The van der Waals surface area contributed by atoms with Gasteiger partial charge in [0.2, 0.25) is 0 Å². The molecule has 1 aromatic rings. The Kier molecular flexibility index (Phi) is 4.37. The van der Waals surface area contributed by atoms with Crippen molar-refractivity contribution in [1.82, 2.24) is 4.57 Å². The Morgan fingerprint density at radius 1 is 1.33 bits per heavy atom. The largest absolute Gasteiger partial charge is 0.352 e. The monoisotopic (exact) mass is 271 g/mol. The van der Waals surface area contributed by atoms with E-state index in [1.54, 1.807) is 43.8 Å². The van der Waals surface area contributed by atoms with Crippen LogP contribution in [0.4, 0.5) is 0 Å². The van der Waals surface area contributed by atoms with Gasteiger partial charge in [0.05, 0.1) is 10.5 Å². The molecule has 0 saturated carbocycles. The van der Waals surface area contributed by atoms with Gasteiger partial charge in [0.25, 0.3) is 0 Å².